The largest absolute Gasteiger partial charge is 0.367 e. The first-order chi connectivity index (χ1) is 13.5. The summed E-state index contributed by atoms with van der Waals surface area (Å²) >= 11 is 3.05. The zero-order valence-corrected chi connectivity index (χ0v) is 18.0. The van der Waals surface area contributed by atoms with E-state index in [1.54, 1.807) is 18.0 Å². The van der Waals surface area contributed by atoms with Crippen LogP contribution < -0.4 is 10.6 Å². The quantitative estimate of drug-likeness (QED) is 0.429. The zero-order valence-electron chi connectivity index (χ0n) is 16.4. The second-order valence-corrected chi connectivity index (χ2v) is 8.04. The van der Waals surface area contributed by atoms with E-state index in [4.69, 9.17) is 0 Å². The predicted molar refractivity (Wildman–Crippen MR) is 116 cm³/mol. The molecule has 0 bridgehead atoms. The number of anilines is 1. The molecule has 148 valence electrons. The maximum absolute atomic E-state index is 12.5. The Bertz CT molecular complexity index is 972. The number of nitrogens with zero attached hydrogens (tertiary/aromatic N) is 4. The van der Waals surface area contributed by atoms with Gasteiger partial charge >= 0.3 is 0 Å². The lowest BCUT2D eigenvalue weighted by molar-refractivity contribution is 0.0949. The van der Waals surface area contributed by atoms with Gasteiger partial charge in [0, 0.05) is 17.5 Å². The van der Waals surface area contributed by atoms with Gasteiger partial charge in [-0.15, -0.1) is 11.8 Å². The second-order valence-electron chi connectivity index (χ2n) is 6.42. The van der Waals surface area contributed by atoms with E-state index >= 15 is 0 Å². The Balaban J connectivity index is 1.75. The van der Waals surface area contributed by atoms with E-state index in [0.29, 0.717) is 23.8 Å². The molecule has 3 aromatic rings. The van der Waals surface area contributed by atoms with Crippen molar-refractivity contribution in [2.75, 3.05) is 24.4 Å². The molecule has 0 aliphatic heterocycles. The Morgan fingerprint density at radius 2 is 1.96 bits per heavy atom. The molecule has 28 heavy (non-hydrogen) atoms. The highest BCUT2D eigenvalue weighted by Crippen LogP contribution is 2.24. The molecule has 0 aliphatic rings. The van der Waals surface area contributed by atoms with Gasteiger partial charge in [0.1, 0.15) is 5.82 Å². The number of carbonyl (C=O) groups is 1. The molecule has 0 saturated carbocycles. The molecule has 0 saturated heterocycles. The van der Waals surface area contributed by atoms with Crippen LogP contribution >= 0.6 is 23.5 Å². The summed E-state index contributed by atoms with van der Waals surface area (Å²) in [4.78, 5) is 22.6. The molecule has 9 heteroatoms. The normalized spacial score (nSPS) is 11.2. The highest BCUT2D eigenvalue weighted by molar-refractivity contribution is 7.98. The molecule has 3 rings (SSSR count). The van der Waals surface area contributed by atoms with Crippen LogP contribution in [-0.2, 0) is 6.54 Å². The summed E-state index contributed by atoms with van der Waals surface area (Å²) in [6.07, 6.45) is 5.69. The van der Waals surface area contributed by atoms with Gasteiger partial charge in [-0.2, -0.15) is 5.10 Å². The first-order valence-electron chi connectivity index (χ1n) is 8.98. The van der Waals surface area contributed by atoms with Crippen molar-refractivity contribution in [2.45, 2.75) is 36.5 Å². The molecular formula is C19H24N6OS2. The van der Waals surface area contributed by atoms with Gasteiger partial charge in [-0.3, -0.25) is 4.79 Å². The smallest absolute Gasteiger partial charge is 0.252 e. The minimum absolute atomic E-state index is 0.0806. The Morgan fingerprint density at radius 1 is 1.18 bits per heavy atom. The number of carbonyl (C=O) groups excluding carboxylic acids is 1. The Kier molecular flexibility index (Phi) is 6.79. The summed E-state index contributed by atoms with van der Waals surface area (Å²) in [5.74, 6) is 0.705. The van der Waals surface area contributed by atoms with Crippen molar-refractivity contribution in [3.05, 3.63) is 36.0 Å². The van der Waals surface area contributed by atoms with Gasteiger partial charge in [-0.25, -0.2) is 14.6 Å². The van der Waals surface area contributed by atoms with Gasteiger partial charge < -0.3 is 10.6 Å². The van der Waals surface area contributed by atoms with Crippen molar-refractivity contribution in [3.63, 3.8) is 0 Å². The molecule has 7 nitrogen and oxygen atoms in total. The summed E-state index contributed by atoms with van der Waals surface area (Å²) in [5, 5.41) is 12.4. The number of aromatic nitrogens is 4. The fourth-order valence-corrected chi connectivity index (χ4v) is 3.73. The van der Waals surface area contributed by atoms with E-state index in [1.807, 2.05) is 41.5 Å². The fraction of sp³-hybridized carbons (Fsp3) is 0.368. The van der Waals surface area contributed by atoms with E-state index in [1.165, 1.54) is 11.8 Å². The van der Waals surface area contributed by atoms with Gasteiger partial charge in [0.15, 0.2) is 10.8 Å². The van der Waals surface area contributed by atoms with Gasteiger partial charge in [0.2, 0.25) is 0 Å². The van der Waals surface area contributed by atoms with E-state index in [2.05, 4.69) is 39.5 Å². The summed E-state index contributed by atoms with van der Waals surface area (Å²) in [5.41, 5.74) is 1.46. The molecule has 0 aliphatic carbocycles. The highest BCUT2D eigenvalue weighted by Gasteiger charge is 2.14. The summed E-state index contributed by atoms with van der Waals surface area (Å²) < 4.78 is 1.81. The van der Waals surface area contributed by atoms with Crippen molar-refractivity contribution in [3.8, 4) is 0 Å². The van der Waals surface area contributed by atoms with Crippen molar-refractivity contribution < 1.29 is 4.79 Å². The standard InChI is InChI=1S/C19H24N6OS2/c1-12(2)22-16-14-11-21-25(17(14)24-19(23-16)28-4)10-9-20-18(26)13-7-5-6-8-15(13)27-3/h5-8,11-12H,9-10H2,1-4H3,(H,20,26)(H,22,23,24). The Hall–Kier alpha value is -2.26. The SMILES string of the molecule is CSc1nc(NC(C)C)c2cnn(CCNC(=O)c3ccccc3SC)c2n1. The summed E-state index contributed by atoms with van der Waals surface area (Å²) in [6, 6.07) is 7.85. The molecular weight excluding hydrogens is 392 g/mol. The van der Waals surface area contributed by atoms with Crippen LogP contribution in [0.3, 0.4) is 0 Å². The van der Waals surface area contributed by atoms with Gasteiger partial charge in [0.05, 0.1) is 23.7 Å². The van der Waals surface area contributed by atoms with E-state index < -0.39 is 0 Å². The van der Waals surface area contributed by atoms with Gasteiger partial charge in [0.25, 0.3) is 5.91 Å². The first kappa shape index (κ1) is 20.5. The van der Waals surface area contributed by atoms with Crippen LogP contribution in [0.2, 0.25) is 0 Å². The van der Waals surface area contributed by atoms with Crippen LogP contribution in [0.1, 0.15) is 24.2 Å². The molecule has 0 spiro atoms. The summed E-state index contributed by atoms with van der Waals surface area (Å²) in [7, 11) is 0. The first-order valence-corrected chi connectivity index (χ1v) is 11.4. The molecule has 1 amide bonds. The molecule has 0 atom stereocenters. The van der Waals surface area contributed by atoms with Crippen LogP contribution in [0.4, 0.5) is 5.82 Å². The lowest BCUT2D eigenvalue weighted by Crippen LogP contribution is -2.28. The number of hydrogen-bond donors (Lipinski definition) is 2. The third kappa shape index (κ3) is 4.59. The minimum atomic E-state index is -0.0806. The van der Waals surface area contributed by atoms with Crippen LogP contribution in [0, 0.1) is 0 Å². The Labute approximate surface area is 173 Å². The number of fused-ring (bicyclic) bond motifs is 1. The van der Waals surface area contributed by atoms with Crippen molar-refractivity contribution >= 4 is 46.3 Å². The monoisotopic (exact) mass is 416 g/mol. The zero-order chi connectivity index (χ0) is 20.1. The number of rotatable bonds is 8. The number of nitrogens with one attached hydrogen (secondary N) is 2. The summed E-state index contributed by atoms with van der Waals surface area (Å²) in [6.45, 7) is 5.13. The molecule has 2 N–H and O–H groups in total. The maximum Gasteiger partial charge on any atom is 0.252 e. The highest BCUT2D eigenvalue weighted by atomic mass is 32.2. The third-order valence-corrected chi connectivity index (χ3v) is 5.39. The van der Waals surface area contributed by atoms with Crippen molar-refractivity contribution in [1.29, 1.82) is 0 Å². The predicted octanol–water partition coefficient (Wildman–Crippen LogP) is 3.52. The molecule has 1 aromatic carbocycles. The van der Waals surface area contributed by atoms with Crippen LogP contribution in [0.25, 0.3) is 11.0 Å². The third-order valence-electron chi connectivity index (χ3n) is 4.04. The average Bonchev–Trinajstić information content (AvgIpc) is 3.10. The lowest BCUT2D eigenvalue weighted by Gasteiger charge is -2.11. The van der Waals surface area contributed by atoms with E-state index in [-0.39, 0.29) is 11.9 Å². The molecule has 0 unspecified atom stereocenters. The van der Waals surface area contributed by atoms with Crippen LogP contribution in [0.15, 0.2) is 40.5 Å². The topological polar surface area (TPSA) is 84.7 Å². The Morgan fingerprint density at radius 3 is 2.68 bits per heavy atom. The van der Waals surface area contributed by atoms with E-state index in [0.717, 1.165) is 21.7 Å². The van der Waals surface area contributed by atoms with Crippen LogP contribution in [-0.4, -0.2) is 50.8 Å². The number of benzene rings is 1. The number of hydrogen-bond acceptors (Lipinski definition) is 7. The maximum atomic E-state index is 12.5. The van der Waals surface area contributed by atoms with Gasteiger partial charge in [-0.1, -0.05) is 23.9 Å². The van der Waals surface area contributed by atoms with Crippen molar-refractivity contribution in [1.82, 2.24) is 25.1 Å². The molecule has 2 aromatic heterocycles. The number of thioether (sulfide) groups is 2. The minimum Gasteiger partial charge on any atom is -0.367 e. The average molecular weight is 417 g/mol. The van der Waals surface area contributed by atoms with Gasteiger partial charge in [-0.05, 0) is 38.5 Å². The number of amides is 1. The molecule has 0 fully saturated rings. The van der Waals surface area contributed by atoms with E-state index in [9.17, 15) is 4.79 Å². The lowest BCUT2D eigenvalue weighted by atomic mass is 10.2. The molecule has 2 heterocycles. The second kappa shape index (κ2) is 9.29. The van der Waals surface area contributed by atoms with Crippen molar-refractivity contribution in [2.24, 2.45) is 0 Å². The van der Waals surface area contributed by atoms with Crippen LogP contribution in [0.5, 0.6) is 0 Å². The fourth-order valence-electron chi connectivity index (χ4n) is 2.78. The molecule has 0 radical (unpaired) electrons.